The van der Waals surface area contributed by atoms with Crippen LogP contribution in [0.25, 0.3) is 0 Å². The lowest BCUT2D eigenvalue weighted by atomic mass is 10.1. The number of esters is 1. The topological polar surface area (TPSA) is 55.8 Å². The van der Waals surface area contributed by atoms with Crippen LogP contribution in [0.3, 0.4) is 0 Å². The molecule has 0 rings (SSSR count). The Morgan fingerprint density at radius 2 is 2.08 bits per heavy atom. The predicted molar refractivity (Wildman–Crippen MR) is 43.5 cm³/mol. The monoisotopic (exact) mass is 174 g/mol. The van der Waals surface area contributed by atoms with Crippen LogP contribution in [0.2, 0.25) is 0 Å². The van der Waals surface area contributed by atoms with Gasteiger partial charge in [0.25, 0.3) is 5.95 Å². The van der Waals surface area contributed by atoms with E-state index in [1.165, 1.54) is 20.3 Å². The van der Waals surface area contributed by atoms with Gasteiger partial charge in [-0.2, -0.15) is 0 Å². The Kier molecular flexibility index (Phi) is 4.92. The molecule has 0 aliphatic rings. The highest BCUT2D eigenvalue weighted by Crippen LogP contribution is 2.08. The van der Waals surface area contributed by atoms with Gasteiger partial charge in [0.1, 0.15) is 0 Å². The van der Waals surface area contributed by atoms with E-state index in [1.54, 1.807) is 0 Å². The highest BCUT2D eigenvalue weighted by Gasteiger charge is 2.15. The summed E-state index contributed by atoms with van der Waals surface area (Å²) < 4.78 is 8.98. The fourth-order valence-electron chi connectivity index (χ4n) is 0.744. The Bertz CT molecular complexity index is 174. The molecule has 0 heterocycles. The van der Waals surface area contributed by atoms with E-state index in [4.69, 9.17) is 5.11 Å². The van der Waals surface area contributed by atoms with Crippen molar-refractivity contribution in [3.05, 3.63) is 12.0 Å². The van der Waals surface area contributed by atoms with Gasteiger partial charge in [0.05, 0.1) is 20.1 Å². The lowest BCUT2D eigenvalue weighted by Gasteiger charge is -2.07. The lowest BCUT2D eigenvalue weighted by molar-refractivity contribution is -0.144. The predicted octanol–water partition coefficient (Wildman–Crippen LogP) is 1.23. The minimum Gasteiger partial charge on any atom is -0.481 e. The molecule has 0 aliphatic carbocycles. The first-order valence-corrected chi connectivity index (χ1v) is 3.68. The Hall–Kier alpha value is -1.19. The summed E-state index contributed by atoms with van der Waals surface area (Å²) >= 11 is 0. The number of methoxy groups -OCH3 is 2. The molecular weight excluding hydrogens is 160 g/mol. The maximum atomic E-state index is 11.0. The van der Waals surface area contributed by atoms with Crippen LogP contribution in [0.5, 0.6) is 0 Å². The fourth-order valence-corrected chi connectivity index (χ4v) is 0.744. The Morgan fingerprint density at radius 1 is 1.50 bits per heavy atom. The molecule has 0 saturated carbocycles. The number of carbonyl (C=O) groups is 1. The molecule has 1 N–H and O–H groups in total. The van der Waals surface area contributed by atoms with Gasteiger partial charge < -0.3 is 14.6 Å². The summed E-state index contributed by atoms with van der Waals surface area (Å²) in [5.41, 5.74) is 0. The maximum absolute atomic E-state index is 11.0. The van der Waals surface area contributed by atoms with Crippen LogP contribution in [-0.2, 0) is 14.3 Å². The number of ether oxygens (including phenoxy) is 2. The molecule has 12 heavy (non-hydrogen) atoms. The van der Waals surface area contributed by atoms with Crippen LogP contribution in [-0.4, -0.2) is 25.3 Å². The summed E-state index contributed by atoms with van der Waals surface area (Å²) in [5, 5.41) is 8.93. The SMILES string of the molecule is CC[C@H](/C=C(/O)OC)C(=O)OC. The molecule has 1 atom stereocenters. The number of aliphatic hydroxyl groups excluding tert-OH is 1. The molecule has 0 unspecified atom stereocenters. The van der Waals surface area contributed by atoms with Crippen LogP contribution < -0.4 is 0 Å². The van der Waals surface area contributed by atoms with Crippen LogP contribution in [0.15, 0.2) is 12.0 Å². The van der Waals surface area contributed by atoms with Crippen molar-refractivity contribution in [2.45, 2.75) is 13.3 Å². The van der Waals surface area contributed by atoms with Gasteiger partial charge in [-0.3, -0.25) is 4.79 Å². The second kappa shape index (κ2) is 5.46. The third-order valence-electron chi connectivity index (χ3n) is 1.50. The van der Waals surface area contributed by atoms with Crippen molar-refractivity contribution in [1.29, 1.82) is 0 Å². The van der Waals surface area contributed by atoms with E-state index in [2.05, 4.69) is 9.47 Å². The molecule has 0 radical (unpaired) electrons. The summed E-state index contributed by atoms with van der Waals surface area (Å²) in [6.07, 6.45) is 1.89. The molecule has 0 aromatic carbocycles. The highest BCUT2D eigenvalue weighted by atomic mass is 16.6. The van der Waals surface area contributed by atoms with Crippen molar-refractivity contribution in [3.63, 3.8) is 0 Å². The van der Waals surface area contributed by atoms with Crippen molar-refractivity contribution in [3.8, 4) is 0 Å². The number of hydrogen-bond acceptors (Lipinski definition) is 4. The molecule has 4 nitrogen and oxygen atoms in total. The minimum atomic E-state index is -0.435. The smallest absolute Gasteiger partial charge is 0.312 e. The van der Waals surface area contributed by atoms with Gasteiger partial charge >= 0.3 is 5.97 Å². The normalized spacial score (nSPS) is 13.8. The van der Waals surface area contributed by atoms with Crippen molar-refractivity contribution in [1.82, 2.24) is 0 Å². The summed E-state index contributed by atoms with van der Waals surface area (Å²) in [6.45, 7) is 1.82. The molecule has 0 aromatic rings. The van der Waals surface area contributed by atoms with Crippen molar-refractivity contribution < 1.29 is 19.4 Å². The van der Waals surface area contributed by atoms with Gasteiger partial charge in [-0.1, -0.05) is 6.92 Å². The first kappa shape index (κ1) is 10.8. The van der Waals surface area contributed by atoms with E-state index in [1.807, 2.05) is 6.92 Å². The van der Waals surface area contributed by atoms with E-state index in [-0.39, 0.29) is 11.9 Å². The summed E-state index contributed by atoms with van der Waals surface area (Å²) in [6, 6.07) is 0. The van der Waals surface area contributed by atoms with Crippen LogP contribution in [0.1, 0.15) is 13.3 Å². The second-order valence-electron chi connectivity index (χ2n) is 2.25. The standard InChI is InChI=1S/C8H14O4/c1-4-6(8(10)12-3)5-7(9)11-2/h5-6,9H,4H2,1-3H3/b7-5-/t6-/m1/s1. The number of rotatable bonds is 4. The first-order valence-electron chi connectivity index (χ1n) is 3.68. The summed E-state index contributed by atoms with van der Waals surface area (Å²) in [5.74, 6) is -1.07. The van der Waals surface area contributed by atoms with Crippen molar-refractivity contribution >= 4 is 5.97 Å². The molecule has 0 aromatic heterocycles. The van der Waals surface area contributed by atoms with E-state index in [9.17, 15) is 4.79 Å². The van der Waals surface area contributed by atoms with Gasteiger partial charge in [-0.15, -0.1) is 0 Å². The molecule has 0 saturated heterocycles. The molecule has 0 bridgehead atoms. The zero-order chi connectivity index (χ0) is 9.56. The number of hydrogen-bond donors (Lipinski definition) is 1. The number of aliphatic hydroxyl groups is 1. The van der Waals surface area contributed by atoms with E-state index < -0.39 is 5.92 Å². The summed E-state index contributed by atoms with van der Waals surface area (Å²) in [4.78, 5) is 11.0. The Labute approximate surface area is 71.8 Å². The van der Waals surface area contributed by atoms with Gasteiger partial charge in [0.15, 0.2) is 0 Å². The Morgan fingerprint density at radius 3 is 2.42 bits per heavy atom. The zero-order valence-corrected chi connectivity index (χ0v) is 7.53. The van der Waals surface area contributed by atoms with E-state index in [0.29, 0.717) is 6.42 Å². The lowest BCUT2D eigenvalue weighted by Crippen LogP contribution is -2.13. The van der Waals surface area contributed by atoms with Gasteiger partial charge in [0, 0.05) is 6.08 Å². The average Bonchev–Trinajstić information content (AvgIpc) is 2.12. The fraction of sp³-hybridized carbons (Fsp3) is 0.625. The van der Waals surface area contributed by atoms with E-state index in [0.717, 1.165) is 0 Å². The Balaban J connectivity index is 4.26. The zero-order valence-electron chi connectivity index (χ0n) is 7.53. The van der Waals surface area contributed by atoms with Gasteiger partial charge in [0.2, 0.25) is 0 Å². The molecule has 0 amide bonds. The molecule has 0 aliphatic heterocycles. The van der Waals surface area contributed by atoms with Gasteiger partial charge in [-0.05, 0) is 6.42 Å². The molecule has 4 heteroatoms. The molecule has 0 spiro atoms. The quantitative estimate of drug-likeness (QED) is 0.514. The minimum absolute atomic E-state index is 0.257. The van der Waals surface area contributed by atoms with Crippen molar-refractivity contribution in [2.24, 2.45) is 5.92 Å². The number of carbonyl (C=O) groups excluding carboxylic acids is 1. The molecular formula is C8H14O4. The third kappa shape index (κ3) is 3.27. The van der Waals surface area contributed by atoms with Crippen LogP contribution in [0, 0.1) is 5.92 Å². The summed E-state index contributed by atoms with van der Waals surface area (Å²) in [7, 11) is 2.64. The van der Waals surface area contributed by atoms with Crippen LogP contribution in [0.4, 0.5) is 0 Å². The second-order valence-corrected chi connectivity index (χ2v) is 2.25. The molecule has 70 valence electrons. The van der Waals surface area contributed by atoms with Crippen molar-refractivity contribution in [2.75, 3.05) is 14.2 Å². The van der Waals surface area contributed by atoms with Crippen LogP contribution >= 0.6 is 0 Å². The maximum Gasteiger partial charge on any atom is 0.312 e. The van der Waals surface area contributed by atoms with E-state index >= 15 is 0 Å². The molecule has 0 fully saturated rings. The average molecular weight is 174 g/mol. The first-order chi connectivity index (χ1) is 5.65. The largest absolute Gasteiger partial charge is 0.481 e. The highest BCUT2D eigenvalue weighted by molar-refractivity contribution is 5.74. The third-order valence-corrected chi connectivity index (χ3v) is 1.50. The van der Waals surface area contributed by atoms with Gasteiger partial charge in [-0.25, -0.2) is 0 Å².